The fourth-order valence-electron chi connectivity index (χ4n) is 16.2. The maximum Gasteiger partial charge on any atom is 0.335 e. The third-order valence-electron chi connectivity index (χ3n) is 20.9. The third kappa shape index (κ3) is 9.92. The van der Waals surface area contributed by atoms with Gasteiger partial charge in [-0.2, -0.15) is 0 Å². The summed E-state index contributed by atoms with van der Waals surface area (Å²) < 4.78 is 54.1. The lowest BCUT2D eigenvalue weighted by Crippen LogP contribution is -2.68. The number of aliphatic hydroxyl groups excluding tert-OH is 10. The molecule has 5 aliphatic carbocycles. The molecule has 4 heterocycles. The monoisotopic (exact) mass is 1100 g/mol. The van der Waals surface area contributed by atoms with Crippen LogP contribution in [0.15, 0.2) is 11.6 Å². The second-order valence-corrected chi connectivity index (χ2v) is 26.0. The summed E-state index contributed by atoms with van der Waals surface area (Å²) in [6.45, 7) is 15.1. The van der Waals surface area contributed by atoms with Gasteiger partial charge in [-0.25, -0.2) is 4.79 Å². The van der Waals surface area contributed by atoms with Crippen molar-refractivity contribution >= 4 is 17.9 Å². The molecule has 11 N–H and O–H groups in total. The Kier molecular flexibility index (Phi) is 16.4. The number of carboxylic acids is 1. The van der Waals surface area contributed by atoms with E-state index in [1.165, 1.54) is 5.57 Å². The largest absolute Gasteiger partial charge is 0.479 e. The van der Waals surface area contributed by atoms with Gasteiger partial charge in [-0.05, 0) is 109 Å². The molecule has 9 aliphatic rings. The van der Waals surface area contributed by atoms with Gasteiger partial charge in [0.25, 0.3) is 0 Å². The molecule has 26 atom stereocenters. The summed E-state index contributed by atoms with van der Waals surface area (Å²) in [6, 6.07) is 0. The van der Waals surface area contributed by atoms with Crippen molar-refractivity contribution in [1.82, 2.24) is 0 Å². The highest BCUT2D eigenvalue weighted by Crippen LogP contribution is 2.76. The smallest absolute Gasteiger partial charge is 0.335 e. The summed E-state index contributed by atoms with van der Waals surface area (Å²) in [5.74, 6) is -3.09. The van der Waals surface area contributed by atoms with Crippen molar-refractivity contribution in [1.29, 1.82) is 0 Å². The number of carbonyl (C=O) groups is 3. The zero-order valence-corrected chi connectivity index (χ0v) is 45.3. The Labute approximate surface area is 448 Å². The van der Waals surface area contributed by atoms with Gasteiger partial charge in [0.15, 0.2) is 37.2 Å². The molecule has 0 bridgehead atoms. The van der Waals surface area contributed by atoms with Gasteiger partial charge in [-0.3, -0.25) is 9.59 Å². The van der Waals surface area contributed by atoms with E-state index in [-0.39, 0.29) is 39.4 Å². The van der Waals surface area contributed by atoms with Gasteiger partial charge < -0.3 is 98.8 Å². The molecule has 0 spiro atoms. The summed E-state index contributed by atoms with van der Waals surface area (Å²) >= 11 is 0. The summed E-state index contributed by atoms with van der Waals surface area (Å²) in [7, 11) is 0. The Bertz CT molecular complexity index is 2210. The van der Waals surface area contributed by atoms with Crippen LogP contribution >= 0.6 is 0 Å². The molecule has 0 aromatic rings. The number of aliphatic hydroxyl groups is 10. The van der Waals surface area contributed by atoms with Crippen molar-refractivity contribution in [2.75, 3.05) is 19.8 Å². The minimum atomic E-state index is -2.00. The van der Waals surface area contributed by atoms with Gasteiger partial charge in [0.1, 0.15) is 67.1 Å². The zero-order valence-electron chi connectivity index (χ0n) is 45.3. The molecule has 0 unspecified atom stereocenters. The molecular weight excluding hydrogens is 1020 g/mol. The first-order valence-electron chi connectivity index (χ1n) is 27.5. The molecular formula is C54H84O23. The number of hydrogen-bond donors (Lipinski definition) is 11. The first kappa shape index (κ1) is 59.1. The van der Waals surface area contributed by atoms with Crippen molar-refractivity contribution < 1.29 is 113 Å². The molecule has 0 aromatic heterocycles. The van der Waals surface area contributed by atoms with E-state index in [1.807, 2.05) is 0 Å². The Morgan fingerprint density at radius 3 is 1.82 bits per heavy atom. The SMILES string of the molecule is CC(=O)O[C@H]1[C@H](O[C@H]2OC[C@H](O)[C@H](O)[C@@H]2O)[C@H](O[C@@H]2CC[C@@]3(C)[C@H](CC[C@@]4(C)[C@H]3CC=C3[C@@H]5CC(C)(C)CC[C@]5(C(=O)O[C@H]5O[C@H](CO)[C@H](O)[C@@H](O)[C@@H]5O)CC[C@@]34C)C2(C)C)O[C@@H](C(=O)O)[C@H]1O[C@@H]1OC[C@H](O)[C@H](O)[C@H]1O. The number of esters is 2. The minimum Gasteiger partial charge on any atom is -0.479 e. The minimum absolute atomic E-state index is 0.0145. The van der Waals surface area contributed by atoms with Gasteiger partial charge >= 0.3 is 17.9 Å². The fraction of sp³-hybridized carbons (Fsp3) is 0.907. The van der Waals surface area contributed by atoms with Crippen LogP contribution in [-0.4, -0.2) is 211 Å². The van der Waals surface area contributed by atoms with E-state index in [0.717, 1.165) is 32.6 Å². The molecule has 438 valence electrons. The van der Waals surface area contributed by atoms with E-state index < -0.39 is 165 Å². The predicted molar refractivity (Wildman–Crippen MR) is 261 cm³/mol. The number of carbonyl (C=O) groups excluding carboxylic acids is 2. The Balaban J connectivity index is 1.000. The number of rotatable bonds is 11. The van der Waals surface area contributed by atoms with Crippen LogP contribution in [0.4, 0.5) is 0 Å². The average Bonchev–Trinajstić information content (AvgIpc) is 3.55. The van der Waals surface area contributed by atoms with E-state index in [2.05, 4.69) is 54.5 Å². The van der Waals surface area contributed by atoms with Crippen molar-refractivity contribution in [3.63, 3.8) is 0 Å². The fourth-order valence-corrected chi connectivity index (χ4v) is 16.2. The summed E-state index contributed by atoms with van der Waals surface area (Å²) in [5, 5.41) is 116. The standard InChI is InChI=1S/C54H84O23/c1-23(56)71-40-39(74-44-36(63)32(59)26(57)21-69-44)41(43(66)67)75-47(42(40)76-45-37(64)33(60)27(58)22-70-45)73-31-12-13-51(6)29(50(31,4)5)11-14-53(8)30(51)10-9-24-25-19-49(2,3)15-17-54(25,18-16-52(24,53)7)48(68)77-46-38(65)35(62)34(61)28(20-55)72-46/h9,25-42,44-47,55,57-65H,10-22H2,1-8H3,(H,66,67)/t25-,26-,27-,28+,29+,30-,31+,32-,33-,34-,35+,36+,37-,38-,39-,40+,41+,42-,44-,45+,46+,47+,51-,52-,53-,54-/m0/s1. The van der Waals surface area contributed by atoms with Crippen LogP contribution in [0, 0.1) is 50.2 Å². The first-order chi connectivity index (χ1) is 36.0. The molecule has 9 rings (SSSR count). The topological polar surface area (TPSA) is 357 Å². The number of allylic oxidation sites excluding steroid dienone is 2. The van der Waals surface area contributed by atoms with Crippen molar-refractivity contribution in [3.8, 4) is 0 Å². The molecule has 4 saturated heterocycles. The van der Waals surface area contributed by atoms with Crippen molar-refractivity contribution in [2.45, 2.75) is 236 Å². The molecule has 4 aliphatic heterocycles. The molecule has 23 nitrogen and oxygen atoms in total. The third-order valence-corrected chi connectivity index (χ3v) is 20.9. The molecule has 0 radical (unpaired) electrons. The quantitative estimate of drug-likeness (QED) is 0.0731. The molecule has 4 saturated carbocycles. The second kappa shape index (κ2) is 21.3. The number of aliphatic carboxylic acids is 1. The highest BCUT2D eigenvalue weighted by atomic mass is 16.8. The second-order valence-electron chi connectivity index (χ2n) is 26.0. The lowest BCUT2D eigenvalue weighted by Gasteiger charge is -2.71. The average molecular weight is 1100 g/mol. The van der Waals surface area contributed by atoms with Gasteiger partial charge in [0.05, 0.1) is 31.3 Å². The summed E-state index contributed by atoms with van der Waals surface area (Å²) in [6.07, 6.45) is -22.2. The molecule has 23 heteroatoms. The Hall–Kier alpha value is -2.53. The van der Waals surface area contributed by atoms with E-state index in [4.69, 9.17) is 42.6 Å². The Morgan fingerprint density at radius 1 is 0.623 bits per heavy atom. The molecule has 77 heavy (non-hydrogen) atoms. The number of hydrogen-bond acceptors (Lipinski definition) is 22. The summed E-state index contributed by atoms with van der Waals surface area (Å²) in [4.78, 5) is 41.0. The van der Waals surface area contributed by atoms with Crippen LogP contribution in [-0.2, 0) is 57.0 Å². The normalized spacial score (nSPS) is 51.3. The van der Waals surface area contributed by atoms with Crippen molar-refractivity contribution in [3.05, 3.63) is 11.6 Å². The van der Waals surface area contributed by atoms with Crippen LogP contribution in [0.2, 0.25) is 0 Å². The van der Waals surface area contributed by atoms with Crippen LogP contribution in [0.3, 0.4) is 0 Å². The molecule has 8 fully saturated rings. The van der Waals surface area contributed by atoms with E-state index in [1.54, 1.807) is 0 Å². The van der Waals surface area contributed by atoms with E-state index >= 15 is 0 Å². The van der Waals surface area contributed by atoms with Gasteiger partial charge in [-0.15, -0.1) is 0 Å². The lowest BCUT2D eigenvalue weighted by atomic mass is 9.33. The highest BCUT2D eigenvalue weighted by Gasteiger charge is 2.70. The molecule has 0 aromatic carbocycles. The first-order valence-corrected chi connectivity index (χ1v) is 27.5. The number of ether oxygens (including phenoxy) is 9. The predicted octanol–water partition coefficient (Wildman–Crippen LogP) is -0.0940. The lowest BCUT2D eigenvalue weighted by molar-refractivity contribution is -0.382. The van der Waals surface area contributed by atoms with Gasteiger partial charge in [0.2, 0.25) is 6.29 Å². The van der Waals surface area contributed by atoms with E-state index in [9.17, 15) is 70.6 Å². The van der Waals surface area contributed by atoms with Crippen LogP contribution < -0.4 is 0 Å². The van der Waals surface area contributed by atoms with Gasteiger partial charge in [0, 0.05) is 6.92 Å². The molecule has 0 amide bonds. The van der Waals surface area contributed by atoms with Gasteiger partial charge in [-0.1, -0.05) is 60.1 Å². The Morgan fingerprint density at radius 2 is 1.22 bits per heavy atom. The summed E-state index contributed by atoms with van der Waals surface area (Å²) in [5.41, 5.74) is -1.39. The van der Waals surface area contributed by atoms with Crippen LogP contribution in [0.1, 0.15) is 120 Å². The number of carboxylic acid groups (broad SMARTS) is 1. The number of fused-ring (bicyclic) bond motifs is 7. The maximum atomic E-state index is 14.8. The van der Waals surface area contributed by atoms with Crippen LogP contribution in [0.5, 0.6) is 0 Å². The van der Waals surface area contributed by atoms with Crippen LogP contribution in [0.25, 0.3) is 0 Å². The maximum absolute atomic E-state index is 14.8. The highest BCUT2D eigenvalue weighted by molar-refractivity contribution is 5.79. The van der Waals surface area contributed by atoms with E-state index in [0.29, 0.717) is 38.5 Å². The van der Waals surface area contributed by atoms with Crippen molar-refractivity contribution in [2.24, 2.45) is 50.2 Å². The zero-order chi connectivity index (χ0) is 56.3.